The summed E-state index contributed by atoms with van der Waals surface area (Å²) in [5.41, 5.74) is 1.02. The lowest BCUT2D eigenvalue weighted by Gasteiger charge is -2.58. The van der Waals surface area contributed by atoms with Crippen LogP contribution in [0.15, 0.2) is 11.6 Å². The van der Waals surface area contributed by atoms with Crippen LogP contribution >= 0.6 is 0 Å². The molecule has 3 saturated carbocycles. The molecule has 23 nitrogen and oxygen atoms in total. The van der Waals surface area contributed by atoms with Gasteiger partial charge in [0, 0.05) is 12.3 Å². The zero-order chi connectivity index (χ0) is 53.5. The van der Waals surface area contributed by atoms with E-state index in [1.54, 1.807) is 0 Å². The van der Waals surface area contributed by atoms with E-state index in [9.17, 15) is 71.5 Å². The van der Waals surface area contributed by atoms with Crippen molar-refractivity contribution in [2.75, 3.05) is 26.4 Å². The lowest BCUT2D eigenvalue weighted by molar-refractivity contribution is -0.389. The molecule has 5 saturated heterocycles. The first-order valence-corrected chi connectivity index (χ1v) is 26.9. The molecule has 426 valence electrons. The second kappa shape index (κ2) is 22.4. The van der Waals surface area contributed by atoms with Crippen LogP contribution in [0.5, 0.6) is 0 Å². The fourth-order valence-electron chi connectivity index (χ4n) is 15.0. The molecule has 0 aromatic rings. The predicted octanol–water partition coefficient (Wildman–Crippen LogP) is -3.01. The number of ether oxygens (including phenoxy) is 9. The van der Waals surface area contributed by atoms with Crippen molar-refractivity contribution < 1.29 is 114 Å². The Bertz CT molecular complexity index is 1920. The summed E-state index contributed by atoms with van der Waals surface area (Å²) in [5, 5.41) is 148. The molecule has 0 radical (unpaired) electrons. The maximum atomic E-state index is 12.1. The van der Waals surface area contributed by atoms with Crippen LogP contribution in [0.1, 0.15) is 92.4 Å². The molecule has 8 fully saturated rings. The topological polar surface area (TPSA) is 366 Å². The maximum absolute atomic E-state index is 12.1. The smallest absolute Gasteiger partial charge is 0.187 e. The van der Waals surface area contributed by atoms with Crippen molar-refractivity contribution in [2.24, 2.45) is 46.3 Å². The summed E-state index contributed by atoms with van der Waals surface area (Å²) in [7, 11) is 0. The van der Waals surface area contributed by atoms with E-state index in [0.29, 0.717) is 43.4 Å². The monoisotopic (exact) mass is 1060 g/mol. The third-order valence-electron chi connectivity index (χ3n) is 19.5. The Labute approximate surface area is 430 Å². The van der Waals surface area contributed by atoms with Crippen molar-refractivity contribution in [1.29, 1.82) is 0 Å². The normalized spacial score (nSPS) is 54.9. The minimum atomic E-state index is -1.85. The standard InChI is InChI=1S/C51H84O23/c1-20(19-66-45-39(61)37(59)34(56)29(16-52)69-45)8-13-51(65)21(2)32-28(74-51)15-27-25-7-6-23-14-24(9-11-49(23,4)26(25)10-12-50(27,32)5)68-48-44(73-46-40(62)36(58)33(55)22(3)67-46)42(64)43(31(18-54)71-48)72-47-41(63)38(60)35(57)30(17-53)70-47/h6,20-22,24-48,52-65H,7-19H2,1-5H3/t20-,21-,22-,24-,25?,26?,27?,28?,29+,30+,31+,32?,33-,34+,35+,36+,37-,38-,39+,40+,41+,42-,43+,44+,45+,46-,47-,48+,49-,50-,51+/m0/s1. The Morgan fingerprint density at radius 2 is 1.22 bits per heavy atom. The van der Waals surface area contributed by atoms with Gasteiger partial charge < -0.3 is 114 Å². The second-order valence-electron chi connectivity index (χ2n) is 23.8. The zero-order valence-corrected chi connectivity index (χ0v) is 42.9. The highest BCUT2D eigenvalue weighted by atomic mass is 16.8. The van der Waals surface area contributed by atoms with Gasteiger partial charge in [-0.25, -0.2) is 0 Å². The summed E-state index contributed by atoms with van der Waals surface area (Å²) in [6.45, 7) is 8.35. The first kappa shape index (κ1) is 57.5. The van der Waals surface area contributed by atoms with Gasteiger partial charge in [0.15, 0.2) is 30.9 Å². The van der Waals surface area contributed by atoms with Crippen molar-refractivity contribution in [3.63, 3.8) is 0 Å². The molecule has 14 N–H and O–H groups in total. The average molecular weight is 1070 g/mol. The quantitative estimate of drug-likeness (QED) is 0.0727. The molecule has 5 aliphatic heterocycles. The number of aliphatic hydroxyl groups is 14. The van der Waals surface area contributed by atoms with Crippen LogP contribution < -0.4 is 0 Å². The van der Waals surface area contributed by atoms with Gasteiger partial charge in [-0.05, 0) is 98.7 Å². The Morgan fingerprint density at radius 1 is 0.635 bits per heavy atom. The van der Waals surface area contributed by atoms with E-state index in [4.69, 9.17) is 42.6 Å². The molecule has 0 aromatic carbocycles. The van der Waals surface area contributed by atoms with Crippen molar-refractivity contribution in [3.05, 3.63) is 11.6 Å². The summed E-state index contributed by atoms with van der Waals surface area (Å²) in [6, 6.07) is 0. The highest BCUT2D eigenvalue weighted by Crippen LogP contribution is 2.70. The lowest BCUT2D eigenvalue weighted by atomic mass is 9.47. The van der Waals surface area contributed by atoms with Crippen LogP contribution in [-0.2, 0) is 42.6 Å². The molecule has 0 bridgehead atoms. The minimum absolute atomic E-state index is 0.0705. The molecule has 9 aliphatic rings. The molecule has 4 aliphatic carbocycles. The summed E-state index contributed by atoms with van der Waals surface area (Å²) in [6.07, 6.45) is -22.1. The number of allylic oxidation sites excluding steroid dienone is 1. The summed E-state index contributed by atoms with van der Waals surface area (Å²) in [5.74, 6) is -0.310. The van der Waals surface area contributed by atoms with Gasteiger partial charge in [-0.15, -0.1) is 0 Å². The molecule has 31 atom stereocenters. The van der Waals surface area contributed by atoms with Gasteiger partial charge in [0.25, 0.3) is 0 Å². The second-order valence-corrected chi connectivity index (χ2v) is 23.8. The summed E-state index contributed by atoms with van der Waals surface area (Å²) >= 11 is 0. The molecule has 5 unspecified atom stereocenters. The Kier molecular flexibility index (Phi) is 17.4. The van der Waals surface area contributed by atoms with Crippen LogP contribution in [0.25, 0.3) is 0 Å². The zero-order valence-electron chi connectivity index (χ0n) is 42.9. The van der Waals surface area contributed by atoms with Gasteiger partial charge in [-0.3, -0.25) is 0 Å². The fraction of sp³-hybridized carbons (Fsp3) is 0.961. The van der Waals surface area contributed by atoms with E-state index in [0.717, 1.165) is 32.1 Å². The van der Waals surface area contributed by atoms with Gasteiger partial charge >= 0.3 is 0 Å². The van der Waals surface area contributed by atoms with Crippen LogP contribution in [0, 0.1) is 46.3 Å². The highest BCUT2D eigenvalue weighted by Gasteiger charge is 2.68. The van der Waals surface area contributed by atoms with Gasteiger partial charge in [0.1, 0.15) is 91.6 Å². The first-order chi connectivity index (χ1) is 35.0. The van der Waals surface area contributed by atoms with Crippen LogP contribution in [0.2, 0.25) is 0 Å². The number of hydrogen-bond donors (Lipinski definition) is 14. The number of hydrogen-bond acceptors (Lipinski definition) is 23. The molecule has 74 heavy (non-hydrogen) atoms. The number of rotatable bonds is 15. The number of fused-ring (bicyclic) bond motifs is 7. The van der Waals surface area contributed by atoms with Crippen LogP contribution in [-0.4, -0.2) is 239 Å². The maximum Gasteiger partial charge on any atom is 0.187 e. The molecule has 0 amide bonds. The Morgan fingerprint density at radius 3 is 1.86 bits per heavy atom. The summed E-state index contributed by atoms with van der Waals surface area (Å²) < 4.78 is 54.4. The molecule has 0 aromatic heterocycles. The van der Waals surface area contributed by atoms with Crippen molar-refractivity contribution in [3.8, 4) is 0 Å². The molecule has 9 rings (SSSR count). The van der Waals surface area contributed by atoms with Crippen molar-refractivity contribution in [1.82, 2.24) is 0 Å². The number of aliphatic hydroxyl groups excluding tert-OH is 13. The molecule has 0 spiro atoms. The third kappa shape index (κ3) is 10.2. The van der Waals surface area contributed by atoms with E-state index < -0.39 is 155 Å². The largest absolute Gasteiger partial charge is 0.394 e. The van der Waals surface area contributed by atoms with E-state index in [1.165, 1.54) is 12.5 Å². The minimum Gasteiger partial charge on any atom is -0.394 e. The average Bonchev–Trinajstić information content (AvgIpc) is 3.82. The molecule has 5 heterocycles. The van der Waals surface area contributed by atoms with E-state index in [2.05, 4.69) is 26.8 Å². The van der Waals surface area contributed by atoms with E-state index in [-0.39, 0.29) is 41.3 Å². The fourth-order valence-corrected chi connectivity index (χ4v) is 15.0. The Hall–Kier alpha value is -1.18. The van der Waals surface area contributed by atoms with Gasteiger partial charge in [0.2, 0.25) is 0 Å². The van der Waals surface area contributed by atoms with Crippen molar-refractivity contribution in [2.45, 2.75) is 233 Å². The third-order valence-corrected chi connectivity index (χ3v) is 19.5. The van der Waals surface area contributed by atoms with Crippen LogP contribution in [0.4, 0.5) is 0 Å². The lowest BCUT2D eigenvalue weighted by Crippen LogP contribution is -2.67. The van der Waals surface area contributed by atoms with E-state index in [1.807, 2.05) is 6.92 Å². The predicted molar refractivity (Wildman–Crippen MR) is 250 cm³/mol. The van der Waals surface area contributed by atoms with Gasteiger partial charge in [0.05, 0.1) is 44.7 Å². The molecular weight excluding hydrogens is 981 g/mol. The molecular formula is C51H84O23. The Balaban J connectivity index is 0.849. The van der Waals surface area contributed by atoms with Crippen molar-refractivity contribution >= 4 is 0 Å². The highest BCUT2D eigenvalue weighted by molar-refractivity contribution is 5.26. The molecule has 23 heteroatoms. The van der Waals surface area contributed by atoms with Gasteiger partial charge in [-0.1, -0.05) is 39.3 Å². The summed E-state index contributed by atoms with van der Waals surface area (Å²) in [4.78, 5) is 0. The van der Waals surface area contributed by atoms with E-state index >= 15 is 0 Å². The van der Waals surface area contributed by atoms with Gasteiger partial charge in [-0.2, -0.15) is 0 Å². The first-order valence-electron chi connectivity index (χ1n) is 26.9. The SMILES string of the molecule is C[C@@H](CC[C@@]1(O)OC2CC3C4CC=C5C[C@@H](O[C@@H]6O[C@H](CO)[C@@H](O[C@@H]7O[C@H](CO)[C@@H](O)[C@H](O)[C@H]7O)[C@H](O)[C@H]6O[C@@H]6O[C@@H](C)[C@H](O)[C@@H](O)[C@H]6O)CC[C@]5(C)C4CC[C@]3(C)C2[C@@H]1C)CO[C@@H]1O[C@H](CO)[C@@H](O)[C@H](O)[C@H]1O. The van der Waals surface area contributed by atoms with Crippen LogP contribution in [0.3, 0.4) is 0 Å².